The molecule has 0 bridgehead atoms. The van der Waals surface area contributed by atoms with Crippen LogP contribution in [0.2, 0.25) is 5.02 Å². The molecule has 114 valence electrons. The lowest BCUT2D eigenvalue weighted by Gasteiger charge is -2.35. The van der Waals surface area contributed by atoms with Crippen LogP contribution in [0.15, 0.2) is 18.2 Å². The van der Waals surface area contributed by atoms with Gasteiger partial charge in [-0.1, -0.05) is 25.4 Å². The van der Waals surface area contributed by atoms with E-state index >= 15 is 0 Å². The Hall–Kier alpha value is -1.75. The number of hydrogen-bond acceptors (Lipinski definition) is 3. The van der Waals surface area contributed by atoms with E-state index in [9.17, 15) is 9.59 Å². The van der Waals surface area contributed by atoms with Crippen LogP contribution < -0.4 is 5.73 Å². The number of halogens is 1. The summed E-state index contributed by atoms with van der Waals surface area (Å²) in [5.41, 5.74) is 6.64. The number of rotatable bonds is 2. The zero-order valence-corrected chi connectivity index (χ0v) is 13.1. The van der Waals surface area contributed by atoms with Gasteiger partial charge in [-0.3, -0.25) is 9.59 Å². The summed E-state index contributed by atoms with van der Waals surface area (Å²) in [6, 6.07) is 4.89. The van der Waals surface area contributed by atoms with Crippen molar-refractivity contribution >= 4 is 29.1 Å². The van der Waals surface area contributed by atoms with Gasteiger partial charge in [0.1, 0.15) is 0 Å². The minimum Gasteiger partial charge on any atom is -0.399 e. The molecule has 5 nitrogen and oxygen atoms in total. The molecule has 21 heavy (non-hydrogen) atoms. The minimum absolute atomic E-state index is 0.0179. The number of carbonyl (C=O) groups is 2. The third-order valence-electron chi connectivity index (χ3n) is 3.59. The number of hydrogen-bond donors (Lipinski definition) is 1. The number of nitrogens with two attached hydrogens (primary N) is 1. The van der Waals surface area contributed by atoms with Crippen molar-refractivity contribution in [3.05, 3.63) is 28.8 Å². The Balaban J connectivity index is 2.03. The summed E-state index contributed by atoms with van der Waals surface area (Å²) in [5.74, 6) is -0.0244. The highest BCUT2D eigenvalue weighted by Gasteiger charge is 2.26. The van der Waals surface area contributed by atoms with Crippen LogP contribution in [0, 0.1) is 5.92 Å². The van der Waals surface area contributed by atoms with Gasteiger partial charge >= 0.3 is 0 Å². The van der Waals surface area contributed by atoms with Gasteiger partial charge < -0.3 is 15.5 Å². The van der Waals surface area contributed by atoms with Gasteiger partial charge in [-0.05, 0) is 18.2 Å². The molecule has 1 aromatic rings. The molecule has 0 aliphatic carbocycles. The monoisotopic (exact) mass is 309 g/mol. The van der Waals surface area contributed by atoms with Gasteiger partial charge in [0.2, 0.25) is 5.91 Å². The van der Waals surface area contributed by atoms with Crippen molar-refractivity contribution in [1.82, 2.24) is 9.80 Å². The standard InChI is InChI=1S/C15H20ClN3O2/c1-10(2)14(20)18-5-7-19(8-6-18)15(21)12-9-11(17)3-4-13(12)16/h3-4,9-10H,5-8,17H2,1-2H3. The minimum atomic E-state index is -0.135. The van der Waals surface area contributed by atoms with E-state index < -0.39 is 0 Å². The molecule has 0 spiro atoms. The zero-order chi connectivity index (χ0) is 15.6. The lowest BCUT2D eigenvalue weighted by Crippen LogP contribution is -2.51. The summed E-state index contributed by atoms with van der Waals surface area (Å²) in [7, 11) is 0. The molecule has 2 amide bonds. The highest BCUT2D eigenvalue weighted by molar-refractivity contribution is 6.34. The normalized spacial score (nSPS) is 15.4. The van der Waals surface area contributed by atoms with Crippen LogP contribution in [0.5, 0.6) is 0 Å². The predicted octanol–water partition coefficient (Wildman–Crippen LogP) is 1.86. The number of nitrogen functional groups attached to an aromatic ring is 1. The molecule has 2 rings (SSSR count). The second kappa shape index (κ2) is 6.35. The summed E-state index contributed by atoms with van der Waals surface area (Å²) in [6.45, 7) is 5.91. The average molecular weight is 310 g/mol. The Morgan fingerprint density at radius 2 is 1.71 bits per heavy atom. The predicted molar refractivity (Wildman–Crippen MR) is 83.2 cm³/mol. The first-order valence-electron chi connectivity index (χ1n) is 7.03. The number of benzene rings is 1. The van der Waals surface area contributed by atoms with Gasteiger partial charge in [0.15, 0.2) is 0 Å². The Morgan fingerprint density at radius 1 is 1.14 bits per heavy atom. The molecule has 0 atom stereocenters. The molecular formula is C15H20ClN3O2. The highest BCUT2D eigenvalue weighted by atomic mass is 35.5. The summed E-state index contributed by atoms with van der Waals surface area (Å²) in [4.78, 5) is 27.9. The number of carbonyl (C=O) groups excluding carboxylic acids is 2. The molecule has 1 fully saturated rings. The van der Waals surface area contributed by atoms with E-state index in [0.29, 0.717) is 42.5 Å². The quantitative estimate of drug-likeness (QED) is 0.848. The van der Waals surface area contributed by atoms with E-state index in [4.69, 9.17) is 17.3 Å². The first-order chi connectivity index (χ1) is 9.90. The Morgan fingerprint density at radius 3 is 2.29 bits per heavy atom. The average Bonchev–Trinajstić information content (AvgIpc) is 2.48. The van der Waals surface area contributed by atoms with Crippen molar-refractivity contribution in [3.63, 3.8) is 0 Å². The number of nitrogens with zero attached hydrogens (tertiary/aromatic N) is 2. The van der Waals surface area contributed by atoms with Gasteiger partial charge in [-0.15, -0.1) is 0 Å². The second-order valence-electron chi connectivity index (χ2n) is 5.51. The Labute approximate surface area is 129 Å². The zero-order valence-electron chi connectivity index (χ0n) is 12.3. The molecule has 0 unspecified atom stereocenters. The Kier molecular flexibility index (Phi) is 4.73. The molecule has 6 heteroatoms. The molecule has 0 aromatic heterocycles. The maximum absolute atomic E-state index is 12.5. The van der Waals surface area contributed by atoms with Crippen molar-refractivity contribution in [2.24, 2.45) is 5.92 Å². The van der Waals surface area contributed by atoms with E-state index in [0.717, 1.165) is 0 Å². The van der Waals surface area contributed by atoms with Gasteiger partial charge in [-0.2, -0.15) is 0 Å². The smallest absolute Gasteiger partial charge is 0.255 e. The third-order valence-corrected chi connectivity index (χ3v) is 3.92. The van der Waals surface area contributed by atoms with E-state index in [1.165, 1.54) is 0 Å². The number of anilines is 1. The van der Waals surface area contributed by atoms with Crippen LogP contribution in [0.4, 0.5) is 5.69 Å². The lowest BCUT2D eigenvalue weighted by molar-refractivity contribution is -0.135. The molecule has 1 aromatic carbocycles. The van der Waals surface area contributed by atoms with Gasteiger partial charge in [0.25, 0.3) is 5.91 Å². The van der Waals surface area contributed by atoms with Crippen molar-refractivity contribution < 1.29 is 9.59 Å². The SMILES string of the molecule is CC(C)C(=O)N1CCN(C(=O)c2cc(N)ccc2Cl)CC1. The summed E-state index contributed by atoms with van der Waals surface area (Å²) in [6.07, 6.45) is 0. The van der Waals surface area contributed by atoms with E-state index in [2.05, 4.69) is 0 Å². The van der Waals surface area contributed by atoms with Crippen LogP contribution in [0.3, 0.4) is 0 Å². The molecule has 2 N–H and O–H groups in total. The van der Waals surface area contributed by atoms with Crippen molar-refractivity contribution in [3.8, 4) is 0 Å². The molecule has 0 saturated carbocycles. The summed E-state index contributed by atoms with van der Waals surface area (Å²) in [5, 5.41) is 0.398. The van der Waals surface area contributed by atoms with E-state index in [1.54, 1.807) is 28.0 Å². The van der Waals surface area contributed by atoms with Gasteiger partial charge in [-0.25, -0.2) is 0 Å². The molecular weight excluding hydrogens is 290 g/mol. The molecule has 1 aliphatic heterocycles. The van der Waals surface area contributed by atoms with Crippen molar-refractivity contribution in [2.45, 2.75) is 13.8 Å². The topological polar surface area (TPSA) is 66.6 Å². The first-order valence-corrected chi connectivity index (χ1v) is 7.41. The fraction of sp³-hybridized carbons (Fsp3) is 0.467. The molecule has 1 heterocycles. The molecule has 1 saturated heterocycles. The molecule has 1 aliphatic rings. The highest BCUT2D eigenvalue weighted by Crippen LogP contribution is 2.21. The maximum Gasteiger partial charge on any atom is 0.255 e. The second-order valence-corrected chi connectivity index (χ2v) is 5.92. The third kappa shape index (κ3) is 3.47. The Bertz CT molecular complexity index is 552. The van der Waals surface area contributed by atoms with Crippen molar-refractivity contribution in [1.29, 1.82) is 0 Å². The van der Waals surface area contributed by atoms with Crippen LogP contribution in [0.25, 0.3) is 0 Å². The van der Waals surface area contributed by atoms with Gasteiger partial charge in [0, 0.05) is 37.8 Å². The first kappa shape index (κ1) is 15.6. The largest absolute Gasteiger partial charge is 0.399 e. The number of amides is 2. The summed E-state index contributed by atoms with van der Waals surface area (Å²) < 4.78 is 0. The maximum atomic E-state index is 12.5. The van der Waals surface area contributed by atoms with E-state index in [1.807, 2.05) is 13.8 Å². The van der Waals surface area contributed by atoms with Crippen LogP contribution in [-0.2, 0) is 4.79 Å². The van der Waals surface area contributed by atoms with Crippen LogP contribution in [-0.4, -0.2) is 47.8 Å². The number of piperazine rings is 1. The fourth-order valence-electron chi connectivity index (χ4n) is 2.37. The van der Waals surface area contributed by atoms with Crippen LogP contribution in [0.1, 0.15) is 24.2 Å². The van der Waals surface area contributed by atoms with Gasteiger partial charge in [0.05, 0.1) is 10.6 Å². The molecule has 0 radical (unpaired) electrons. The lowest BCUT2D eigenvalue weighted by atomic mass is 10.1. The van der Waals surface area contributed by atoms with E-state index in [-0.39, 0.29) is 17.7 Å². The van der Waals surface area contributed by atoms with Crippen molar-refractivity contribution in [2.75, 3.05) is 31.9 Å². The summed E-state index contributed by atoms with van der Waals surface area (Å²) >= 11 is 6.06. The van der Waals surface area contributed by atoms with Crippen LogP contribution >= 0.6 is 11.6 Å². The fourth-order valence-corrected chi connectivity index (χ4v) is 2.57.